The first-order valence-corrected chi connectivity index (χ1v) is 18.7. The summed E-state index contributed by atoms with van der Waals surface area (Å²) in [7, 11) is 1.66. The van der Waals surface area contributed by atoms with Crippen LogP contribution in [0.3, 0.4) is 0 Å². The van der Waals surface area contributed by atoms with Crippen molar-refractivity contribution >= 4 is 70.4 Å². The zero-order valence-electron chi connectivity index (χ0n) is 33.1. The van der Waals surface area contributed by atoms with Crippen LogP contribution in [0.15, 0.2) is 29.3 Å². The van der Waals surface area contributed by atoms with E-state index < -0.39 is 122 Å². The number of ether oxygens (including phenoxy) is 11. The summed E-state index contributed by atoms with van der Waals surface area (Å²) < 4.78 is 64.6. The highest BCUT2D eigenvalue weighted by Crippen LogP contribution is 2.46. The van der Waals surface area contributed by atoms with Gasteiger partial charge in [0.05, 0.1) is 5.52 Å². The van der Waals surface area contributed by atoms with Crippen LogP contribution in [0.5, 0.6) is 5.75 Å². The minimum absolute atomic E-state index is 0.0526. The van der Waals surface area contributed by atoms with Crippen molar-refractivity contribution in [2.75, 3.05) is 13.2 Å². The van der Waals surface area contributed by atoms with E-state index in [0.717, 1.165) is 67.2 Å². The molecule has 2 aliphatic heterocycles. The Kier molecular flexibility index (Phi) is 15.5. The molecule has 3 heterocycles. The number of carbonyl (C=O) groups excluding carboxylic acids is 8. The second-order valence-corrected chi connectivity index (χ2v) is 14.2. The molecule has 0 spiro atoms. The lowest BCUT2D eigenvalue weighted by molar-refractivity contribution is -0.288. The third-order valence-electron chi connectivity index (χ3n) is 8.37. The molecule has 0 amide bonds. The summed E-state index contributed by atoms with van der Waals surface area (Å²) in [6, 6.07) is 6.87. The highest BCUT2D eigenvalue weighted by molar-refractivity contribution is 7.99. The van der Waals surface area contributed by atoms with Gasteiger partial charge in [-0.2, -0.15) is 0 Å². The number of hydrogen-bond acceptors (Lipinski definition) is 20. The van der Waals surface area contributed by atoms with E-state index in [9.17, 15) is 38.4 Å². The van der Waals surface area contributed by atoms with Crippen molar-refractivity contribution in [3.8, 4) is 5.75 Å². The highest BCUT2D eigenvalue weighted by Gasteiger charge is 2.55. The van der Waals surface area contributed by atoms with Gasteiger partial charge in [0.25, 0.3) is 0 Å². The van der Waals surface area contributed by atoms with Crippen LogP contribution in [0.25, 0.3) is 10.9 Å². The first-order chi connectivity index (χ1) is 27.3. The zero-order valence-corrected chi connectivity index (χ0v) is 33.9. The number of aryl methyl sites for hydroxylation is 1. The summed E-state index contributed by atoms with van der Waals surface area (Å²) in [6.45, 7) is 7.84. The summed E-state index contributed by atoms with van der Waals surface area (Å²) in [6.07, 6.45) is -13.2. The molecule has 0 saturated carbocycles. The summed E-state index contributed by atoms with van der Waals surface area (Å²) >= 11 is 0.901. The van der Waals surface area contributed by atoms with Gasteiger partial charge in [0.1, 0.15) is 30.4 Å². The second-order valence-electron chi connectivity index (χ2n) is 13.1. The smallest absolute Gasteiger partial charge is 0.303 e. The maximum atomic E-state index is 12.6. The van der Waals surface area contributed by atoms with Gasteiger partial charge in [-0.25, -0.2) is 0 Å². The summed E-state index contributed by atoms with van der Waals surface area (Å²) in [5, 5.41) is 0.695. The van der Waals surface area contributed by atoms with Crippen LogP contribution in [0.4, 0.5) is 0 Å². The molecule has 2 fully saturated rings. The molecule has 0 N–H and O–H groups in total. The number of thioether (sulfide) groups is 1. The van der Waals surface area contributed by atoms with Crippen LogP contribution >= 0.6 is 11.8 Å². The first kappa shape index (κ1) is 45.3. The third-order valence-corrected chi connectivity index (χ3v) is 9.66. The molecule has 10 atom stereocenters. The third kappa shape index (κ3) is 11.6. The molecule has 4 rings (SSSR count). The zero-order chi connectivity index (χ0) is 43.0. The fourth-order valence-electron chi connectivity index (χ4n) is 6.37. The molecule has 1 aromatic heterocycles. The molecular weight excluding hydrogens is 794 g/mol. The molecule has 0 aliphatic carbocycles. The number of hydrogen-bond donors (Lipinski definition) is 0. The quantitative estimate of drug-likeness (QED) is 0.195. The maximum Gasteiger partial charge on any atom is 0.303 e. The Morgan fingerprint density at radius 3 is 1.45 bits per heavy atom. The lowest BCUT2D eigenvalue weighted by atomic mass is 9.98. The Balaban J connectivity index is 1.89. The average Bonchev–Trinajstić information content (AvgIpc) is 3.36. The standard InChI is InChI=1S/C37H45NO19S/c1-16(39)47-14-26-29(49-18(3)41)31(51-20(5)43)33(53-22(7)45)36(55-26)57-28-24-12-10-11-13-25(24)38(9)35(28)58-37-34(54-23(8)46)32(52-21(6)44)30(50-19(4)42)27(56-37)15-48-17(2)40/h10-13,26-27,29-34,36-37H,14-15H2,1-9H3/t26-,27-,29-,30-,31+,32+,33-,34-,36+,37+/m1/s1. The van der Waals surface area contributed by atoms with E-state index in [2.05, 4.69) is 0 Å². The maximum absolute atomic E-state index is 12.6. The van der Waals surface area contributed by atoms with Gasteiger partial charge in [0, 0.05) is 67.8 Å². The predicted octanol–water partition coefficient (Wildman–Crippen LogP) is 1.82. The van der Waals surface area contributed by atoms with Gasteiger partial charge in [-0.3, -0.25) is 38.4 Å². The number of para-hydroxylation sites is 1. The molecule has 2 saturated heterocycles. The van der Waals surface area contributed by atoms with Gasteiger partial charge in [0.2, 0.25) is 12.4 Å². The summed E-state index contributed by atoms with van der Waals surface area (Å²) in [5.74, 6) is -6.34. The van der Waals surface area contributed by atoms with E-state index in [0.29, 0.717) is 10.9 Å². The monoisotopic (exact) mass is 839 g/mol. The van der Waals surface area contributed by atoms with Crippen molar-refractivity contribution < 1.29 is 90.5 Å². The van der Waals surface area contributed by atoms with Gasteiger partial charge in [-0.1, -0.05) is 23.9 Å². The SMILES string of the molecule is CC(=O)OC[C@H]1O[C@@H](Sc2c(O[C@@H]3O[C@H](COC(C)=O)[C@@H](OC(C)=O)[C@H](OC(C)=O)[C@H]3OC(C)=O)c3ccccc3n2C)[C@H](OC(C)=O)[C@@H](OC(C)=O)[C@@H]1OC(C)=O. The van der Waals surface area contributed by atoms with Crippen molar-refractivity contribution in [1.82, 2.24) is 4.57 Å². The predicted molar refractivity (Wildman–Crippen MR) is 193 cm³/mol. The van der Waals surface area contributed by atoms with Crippen molar-refractivity contribution in [1.29, 1.82) is 0 Å². The van der Waals surface area contributed by atoms with Crippen molar-refractivity contribution in [3.63, 3.8) is 0 Å². The normalized spacial score (nSPS) is 26.6. The molecule has 0 bridgehead atoms. The van der Waals surface area contributed by atoms with Crippen LogP contribution in [0, 0.1) is 0 Å². The lowest BCUT2D eigenvalue weighted by Gasteiger charge is -2.44. The fraction of sp³-hybridized carbons (Fsp3) is 0.568. The minimum atomic E-state index is -1.65. The van der Waals surface area contributed by atoms with E-state index in [-0.39, 0.29) is 10.8 Å². The number of rotatable bonds is 14. The van der Waals surface area contributed by atoms with Crippen molar-refractivity contribution in [2.24, 2.45) is 7.05 Å². The van der Waals surface area contributed by atoms with Crippen LogP contribution in [-0.2, 0) is 92.8 Å². The van der Waals surface area contributed by atoms with E-state index in [1.54, 1.807) is 35.9 Å². The van der Waals surface area contributed by atoms with Crippen molar-refractivity contribution in [2.45, 2.75) is 121 Å². The fourth-order valence-corrected chi connectivity index (χ4v) is 7.66. The molecule has 21 heteroatoms. The Morgan fingerprint density at radius 1 is 0.552 bits per heavy atom. The van der Waals surface area contributed by atoms with Crippen LogP contribution in [0.1, 0.15) is 55.4 Å². The molecule has 20 nitrogen and oxygen atoms in total. The Morgan fingerprint density at radius 2 is 0.966 bits per heavy atom. The van der Waals surface area contributed by atoms with Gasteiger partial charge >= 0.3 is 47.8 Å². The van der Waals surface area contributed by atoms with Crippen LogP contribution < -0.4 is 4.74 Å². The number of esters is 8. The minimum Gasteiger partial charge on any atom is -0.463 e. The topological polar surface area (TPSA) is 243 Å². The van der Waals surface area contributed by atoms with Gasteiger partial charge in [0.15, 0.2) is 41.7 Å². The summed E-state index contributed by atoms with van der Waals surface area (Å²) in [4.78, 5) is 98.3. The number of carbonyl (C=O) groups is 8. The van der Waals surface area contributed by atoms with Gasteiger partial charge < -0.3 is 56.7 Å². The summed E-state index contributed by atoms with van der Waals surface area (Å²) in [5.41, 5.74) is -0.738. The largest absolute Gasteiger partial charge is 0.463 e. The average molecular weight is 840 g/mol. The first-order valence-electron chi connectivity index (χ1n) is 17.8. The van der Waals surface area contributed by atoms with E-state index >= 15 is 0 Å². The molecular formula is C37H45NO19S. The molecule has 0 unspecified atom stereocenters. The molecule has 58 heavy (non-hydrogen) atoms. The molecule has 318 valence electrons. The Bertz CT molecular complexity index is 1890. The molecule has 1 aromatic carbocycles. The van der Waals surface area contributed by atoms with E-state index in [1.807, 2.05) is 0 Å². The molecule has 0 radical (unpaired) electrons. The van der Waals surface area contributed by atoms with E-state index in [1.165, 1.54) is 0 Å². The Hall–Kier alpha value is -5.41. The highest BCUT2D eigenvalue weighted by atomic mass is 32.2. The van der Waals surface area contributed by atoms with Gasteiger partial charge in [-0.05, 0) is 12.1 Å². The number of fused-ring (bicyclic) bond motifs is 1. The van der Waals surface area contributed by atoms with Crippen molar-refractivity contribution in [3.05, 3.63) is 24.3 Å². The van der Waals surface area contributed by atoms with Gasteiger partial charge in [-0.15, -0.1) is 0 Å². The molecule has 2 aliphatic rings. The molecule has 2 aromatic rings. The lowest BCUT2D eigenvalue weighted by Crippen LogP contribution is -2.63. The van der Waals surface area contributed by atoms with Crippen LogP contribution in [-0.4, -0.2) is 126 Å². The van der Waals surface area contributed by atoms with E-state index in [4.69, 9.17) is 52.1 Å². The number of nitrogens with zero attached hydrogens (tertiary/aromatic N) is 1. The number of benzene rings is 1. The van der Waals surface area contributed by atoms with Crippen LogP contribution in [0.2, 0.25) is 0 Å². The Labute approximate surface area is 336 Å². The number of aromatic nitrogens is 1. The second kappa shape index (κ2) is 19.8.